The normalized spacial score (nSPS) is 11.9. The van der Waals surface area contributed by atoms with Crippen molar-refractivity contribution in [3.63, 3.8) is 0 Å². The van der Waals surface area contributed by atoms with Gasteiger partial charge in [0.05, 0.1) is 12.8 Å². The number of hydrogen-bond acceptors (Lipinski definition) is 6. The van der Waals surface area contributed by atoms with Crippen molar-refractivity contribution in [3.8, 4) is 17.0 Å². The van der Waals surface area contributed by atoms with E-state index in [2.05, 4.69) is 5.32 Å². The third kappa shape index (κ3) is 3.55. The highest BCUT2D eigenvalue weighted by Gasteiger charge is 2.23. The van der Waals surface area contributed by atoms with Crippen LogP contribution in [0.25, 0.3) is 17.3 Å². The van der Waals surface area contributed by atoms with Gasteiger partial charge in [-0.05, 0) is 41.5 Å². The minimum absolute atomic E-state index is 0.550. The molecule has 1 aromatic heterocycles. The fraction of sp³-hybridized carbons (Fsp3) is 0.100. The van der Waals surface area contributed by atoms with Gasteiger partial charge in [-0.15, -0.1) is 11.3 Å². The summed E-state index contributed by atoms with van der Waals surface area (Å²) in [6.45, 7) is 0. The van der Waals surface area contributed by atoms with Crippen molar-refractivity contribution in [1.29, 1.82) is 0 Å². The van der Waals surface area contributed by atoms with Crippen LogP contribution in [0.1, 0.15) is 16.0 Å². The number of anilines is 2. The number of fused-ring (bicyclic) bond motifs is 3. The van der Waals surface area contributed by atoms with Crippen molar-refractivity contribution in [2.75, 3.05) is 12.4 Å². The van der Waals surface area contributed by atoms with Crippen LogP contribution in [0.15, 0.2) is 48.5 Å². The highest BCUT2D eigenvalue weighted by molar-refractivity contribution is 7.16. The minimum Gasteiger partial charge on any atom is -0.497 e. The summed E-state index contributed by atoms with van der Waals surface area (Å²) in [5.74, 6) is 0.267. The fourth-order valence-electron chi connectivity index (χ4n) is 3.01. The number of methoxy groups -OCH3 is 1. The van der Waals surface area contributed by atoms with Crippen LogP contribution in [0.3, 0.4) is 0 Å². The number of nitrogens with one attached hydrogen (secondary N) is 2. The van der Waals surface area contributed by atoms with Crippen LogP contribution in [0, 0.1) is 0 Å². The molecular formula is C20H17N3O3S. The van der Waals surface area contributed by atoms with Gasteiger partial charge in [-0.2, -0.15) is 0 Å². The lowest BCUT2D eigenvalue weighted by Gasteiger charge is -2.05. The number of hydroxylamine groups is 1. The van der Waals surface area contributed by atoms with E-state index in [-0.39, 0.29) is 0 Å². The molecule has 1 amide bonds. The Kier molecular flexibility index (Phi) is 4.62. The summed E-state index contributed by atoms with van der Waals surface area (Å²) in [5, 5.41) is 12.7. The molecule has 0 spiro atoms. The second kappa shape index (κ2) is 7.22. The van der Waals surface area contributed by atoms with Gasteiger partial charge in [0.2, 0.25) is 0 Å². The first-order valence-corrected chi connectivity index (χ1v) is 9.14. The number of thiazole rings is 1. The van der Waals surface area contributed by atoms with E-state index < -0.39 is 5.91 Å². The average molecular weight is 379 g/mol. The molecule has 3 N–H and O–H groups in total. The Bertz CT molecular complexity index is 1030. The molecule has 2 aromatic carbocycles. The summed E-state index contributed by atoms with van der Waals surface area (Å²) in [6, 6.07) is 13.7. The van der Waals surface area contributed by atoms with E-state index in [0.717, 1.165) is 39.8 Å². The lowest BCUT2D eigenvalue weighted by molar-refractivity contribution is -0.124. The van der Waals surface area contributed by atoms with Crippen molar-refractivity contribution in [2.24, 2.45) is 0 Å². The van der Waals surface area contributed by atoms with E-state index in [0.29, 0.717) is 0 Å². The molecule has 0 fully saturated rings. The second-order valence-corrected chi connectivity index (χ2v) is 7.13. The van der Waals surface area contributed by atoms with Crippen LogP contribution in [-0.2, 0) is 11.2 Å². The number of hydrogen-bond donors (Lipinski definition) is 3. The molecule has 1 aliphatic rings. The number of carbonyl (C=O) groups excluding carboxylic acids is 1. The molecule has 6 nitrogen and oxygen atoms in total. The van der Waals surface area contributed by atoms with Crippen molar-refractivity contribution < 1.29 is 14.7 Å². The molecule has 0 atom stereocenters. The van der Waals surface area contributed by atoms with Crippen LogP contribution >= 0.6 is 11.3 Å². The van der Waals surface area contributed by atoms with E-state index >= 15 is 0 Å². The van der Waals surface area contributed by atoms with Gasteiger partial charge in [-0.1, -0.05) is 18.2 Å². The zero-order valence-electron chi connectivity index (χ0n) is 14.5. The molecule has 1 heterocycles. The van der Waals surface area contributed by atoms with Crippen molar-refractivity contribution in [3.05, 3.63) is 64.5 Å². The minimum atomic E-state index is -0.550. The lowest BCUT2D eigenvalue weighted by atomic mass is 10.1. The molecular weight excluding hydrogens is 362 g/mol. The Morgan fingerprint density at radius 3 is 2.81 bits per heavy atom. The van der Waals surface area contributed by atoms with Gasteiger partial charge in [-0.25, -0.2) is 10.5 Å². The third-order valence-corrected chi connectivity index (χ3v) is 5.28. The first-order valence-electron chi connectivity index (χ1n) is 8.32. The Hall–Kier alpha value is -3.16. The smallest absolute Gasteiger partial charge is 0.267 e. The maximum atomic E-state index is 11.1. The zero-order valence-corrected chi connectivity index (χ0v) is 15.3. The van der Waals surface area contributed by atoms with Crippen LogP contribution in [0.4, 0.5) is 10.8 Å². The quantitative estimate of drug-likeness (QED) is 0.277. The molecule has 0 bridgehead atoms. The summed E-state index contributed by atoms with van der Waals surface area (Å²) in [7, 11) is 1.65. The molecule has 3 aromatic rings. The Balaban J connectivity index is 1.53. The van der Waals surface area contributed by atoms with Gasteiger partial charge in [0.1, 0.15) is 5.75 Å². The van der Waals surface area contributed by atoms with Gasteiger partial charge in [-0.3, -0.25) is 10.0 Å². The van der Waals surface area contributed by atoms with Gasteiger partial charge in [0, 0.05) is 28.6 Å². The van der Waals surface area contributed by atoms with Gasteiger partial charge in [0.25, 0.3) is 5.91 Å². The monoisotopic (exact) mass is 379 g/mol. The second-order valence-electron chi connectivity index (χ2n) is 6.05. The van der Waals surface area contributed by atoms with Crippen molar-refractivity contribution in [1.82, 2.24) is 10.5 Å². The first-order chi connectivity index (χ1) is 13.2. The molecule has 0 radical (unpaired) electrons. The predicted octanol–water partition coefficient (Wildman–Crippen LogP) is 3.99. The van der Waals surface area contributed by atoms with E-state index in [9.17, 15) is 4.79 Å². The number of ether oxygens (including phenoxy) is 1. The van der Waals surface area contributed by atoms with E-state index in [1.807, 2.05) is 42.5 Å². The molecule has 4 rings (SSSR count). The van der Waals surface area contributed by atoms with Gasteiger partial charge >= 0.3 is 0 Å². The highest BCUT2D eigenvalue weighted by atomic mass is 32.1. The molecule has 27 heavy (non-hydrogen) atoms. The summed E-state index contributed by atoms with van der Waals surface area (Å²) >= 11 is 1.64. The highest BCUT2D eigenvalue weighted by Crippen LogP contribution is 2.42. The summed E-state index contributed by atoms with van der Waals surface area (Å²) in [6.07, 6.45) is 3.78. The SMILES string of the molecule is COc1ccc(Nc2nc3c(s2)Cc2cc(/C=C/C(=O)NO)ccc2-3)cc1. The number of carbonyl (C=O) groups is 1. The molecule has 7 heteroatoms. The van der Waals surface area contributed by atoms with Crippen LogP contribution in [0.5, 0.6) is 5.75 Å². The van der Waals surface area contributed by atoms with Crippen LogP contribution < -0.4 is 15.5 Å². The maximum absolute atomic E-state index is 11.1. The molecule has 136 valence electrons. The average Bonchev–Trinajstić information content (AvgIpc) is 3.23. The summed E-state index contributed by atoms with van der Waals surface area (Å²) < 4.78 is 5.17. The van der Waals surface area contributed by atoms with Crippen molar-refractivity contribution in [2.45, 2.75) is 6.42 Å². The largest absolute Gasteiger partial charge is 0.497 e. The zero-order chi connectivity index (χ0) is 18.8. The van der Waals surface area contributed by atoms with Crippen LogP contribution in [0.2, 0.25) is 0 Å². The Morgan fingerprint density at radius 2 is 2.07 bits per heavy atom. The number of aromatic nitrogens is 1. The lowest BCUT2D eigenvalue weighted by Crippen LogP contribution is -2.14. The summed E-state index contributed by atoms with van der Waals surface area (Å²) in [4.78, 5) is 17.1. The fourth-order valence-corrected chi connectivity index (χ4v) is 4.03. The third-order valence-electron chi connectivity index (χ3n) is 4.31. The van der Waals surface area contributed by atoms with E-state index in [1.54, 1.807) is 30.0 Å². The number of rotatable bonds is 5. The molecule has 1 aliphatic carbocycles. The maximum Gasteiger partial charge on any atom is 0.267 e. The number of nitrogens with zero attached hydrogens (tertiary/aromatic N) is 1. The first kappa shape index (κ1) is 17.3. The molecule has 0 aliphatic heterocycles. The van der Waals surface area contributed by atoms with E-state index in [1.165, 1.54) is 16.5 Å². The topological polar surface area (TPSA) is 83.5 Å². The van der Waals surface area contributed by atoms with Crippen LogP contribution in [-0.4, -0.2) is 23.2 Å². The molecule has 0 saturated heterocycles. The number of benzene rings is 2. The Morgan fingerprint density at radius 1 is 1.26 bits per heavy atom. The Labute approximate surface area is 160 Å². The van der Waals surface area contributed by atoms with E-state index in [4.69, 9.17) is 14.9 Å². The molecule has 0 saturated carbocycles. The van der Waals surface area contributed by atoms with Gasteiger partial charge < -0.3 is 10.1 Å². The van der Waals surface area contributed by atoms with Crippen molar-refractivity contribution >= 4 is 34.1 Å². The standard InChI is InChI=1S/C20H17N3O3S/c1-26-15-6-4-14(5-7-15)21-20-22-19-16-8-2-12(3-9-18(24)23-25)10-13(16)11-17(19)27-20/h2-10,25H,11H2,1H3,(H,21,22)(H,23,24)/b9-3+. The predicted molar refractivity (Wildman–Crippen MR) is 106 cm³/mol. The van der Waals surface area contributed by atoms with Gasteiger partial charge in [0.15, 0.2) is 5.13 Å². The summed E-state index contributed by atoms with van der Waals surface area (Å²) in [5.41, 5.74) is 6.77. The molecule has 0 unspecified atom stereocenters. The number of amides is 1.